The summed E-state index contributed by atoms with van der Waals surface area (Å²) in [5, 5.41) is 22.4. The number of hydrogen-bond acceptors (Lipinski definition) is 4. The summed E-state index contributed by atoms with van der Waals surface area (Å²) in [4.78, 5) is 21.6. The van der Waals surface area contributed by atoms with Crippen molar-refractivity contribution in [2.24, 2.45) is 0 Å². The molecule has 4 N–H and O–H groups in total. The van der Waals surface area contributed by atoms with Crippen LogP contribution < -0.4 is 10.6 Å². The summed E-state index contributed by atoms with van der Waals surface area (Å²) in [6.07, 6.45) is 3.83. The Hall–Kier alpha value is -0.950. The second-order valence-electron chi connectivity index (χ2n) is 4.16. The van der Waals surface area contributed by atoms with E-state index in [1.807, 2.05) is 6.26 Å². The second kappa shape index (κ2) is 6.11. The molecule has 0 aromatic heterocycles. The van der Waals surface area contributed by atoms with Gasteiger partial charge >= 0.3 is 12.0 Å². The van der Waals surface area contributed by atoms with Gasteiger partial charge in [0.05, 0.1) is 6.54 Å². The van der Waals surface area contributed by atoms with E-state index in [9.17, 15) is 9.59 Å². The number of urea groups is 1. The predicted octanol–water partition coefficient (Wildman–Crippen LogP) is 0.0168. The minimum atomic E-state index is -1.56. The number of hydrogen-bond donors (Lipinski definition) is 4. The highest BCUT2D eigenvalue weighted by Gasteiger charge is 2.36. The zero-order valence-electron chi connectivity index (χ0n) is 9.73. The van der Waals surface area contributed by atoms with Gasteiger partial charge in [-0.25, -0.2) is 9.59 Å². The Kier molecular flexibility index (Phi) is 5.07. The fraction of sp³-hybridized carbons (Fsp3) is 0.800. The van der Waals surface area contributed by atoms with Crippen molar-refractivity contribution in [3.05, 3.63) is 0 Å². The molecule has 0 saturated heterocycles. The summed E-state index contributed by atoms with van der Waals surface area (Å²) >= 11 is 1.74. The van der Waals surface area contributed by atoms with E-state index in [1.54, 1.807) is 11.8 Å². The van der Waals surface area contributed by atoms with Gasteiger partial charge in [0.25, 0.3) is 0 Å². The molecule has 0 unspecified atom stereocenters. The van der Waals surface area contributed by atoms with Crippen LogP contribution in [0.5, 0.6) is 0 Å². The van der Waals surface area contributed by atoms with E-state index in [0.717, 1.165) is 12.8 Å². The number of thioether (sulfide) groups is 1. The molecule has 0 aromatic carbocycles. The van der Waals surface area contributed by atoms with E-state index in [4.69, 9.17) is 10.2 Å². The topological polar surface area (TPSA) is 98.7 Å². The maximum absolute atomic E-state index is 11.3. The molecule has 1 rings (SSSR count). The lowest BCUT2D eigenvalue weighted by Gasteiger charge is -2.40. The number of aliphatic hydroxyl groups excluding tert-OH is 1. The number of carboxylic acids is 1. The van der Waals surface area contributed by atoms with E-state index in [0.29, 0.717) is 6.54 Å². The van der Waals surface area contributed by atoms with Gasteiger partial charge in [0.1, 0.15) is 0 Å². The molecule has 0 heterocycles. The highest BCUT2D eigenvalue weighted by molar-refractivity contribution is 8.00. The number of aliphatic carboxylic acids is 1. The minimum Gasteiger partial charge on any atom is -0.479 e. The predicted molar refractivity (Wildman–Crippen MR) is 65.1 cm³/mol. The first-order valence-corrected chi connectivity index (χ1v) is 6.69. The fourth-order valence-corrected chi connectivity index (χ4v) is 2.52. The lowest BCUT2D eigenvalue weighted by molar-refractivity contribution is -0.146. The van der Waals surface area contributed by atoms with Gasteiger partial charge in [-0.3, -0.25) is 0 Å². The van der Waals surface area contributed by atoms with Crippen molar-refractivity contribution in [3.8, 4) is 0 Å². The largest absolute Gasteiger partial charge is 0.479 e. The van der Waals surface area contributed by atoms with Crippen molar-refractivity contribution >= 4 is 23.8 Å². The van der Waals surface area contributed by atoms with E-state index < -0.39 is 18.1 Å². The molecule has 0 aromatic rings. The van der Waals surface area contributed by atoms with Crippen molar-refractivity contribution < 1.29 is 19.8 Å². The van der Waals surface area contributed by atoms with E-state index in [2.05, 4.69) is 10.6 Å². The summed E-state index contributed by atoms with van der Waals surface area (Å²) in [5.74, 6) is -1.34. The normalized spacial score (nSPS) is 18.9. The summed E-state index contributed by atoms with van der Waals surface area (Å²) in [5.41, 5.74) is 0. The van der Waals surface area contributed by atoms with Gasteiger partial charge in [0.2, 0.25) is 0 Å². The van der Waals surface area contributed by atoms with Crippen LogP contribution in [0.3, 0.4) is 0 Å². The van der Waals surface area contributed by atoms with Gasteiger partial charge in [0, 0.05) is 11.3 Å². The summed E-state index contributed by atoms with van der Waals surface area (Å²) < 4.78 is 0.142. The van der Waals surface area contributed by atoms with Gasteiger partial charge in [-0.2, -0.15) is 11.8 Å². The molecule has 17 heavy (non-hydrogen) atoms. The van der Waals surface area contributed by atoms with Crippen LogP contribution in [-0.2, 0) is 4.79 Å². The molecule has 2 amide bonds. The molecular weight excluding hydrogens is 244 g/mol. The van der Waals surface area contributed by atoms with E-state index in [-0.39, 0.29) is 11.3 Å². The number of aliphatic hydroxyl groups is 1. The molecule has 7 heteroatoms. The quantitative estimate of drug-likeness (QED) is 0.541. The van der Waals surface area contributed by atoms with Crippen LogP contribution in [0.1, 0.15) is 19.3 Å². The third-order valence-corrected chi connectivity index (χ3v) is 4.43. The Bertz CT molecular complexity index is 289. The lowest BCUT2D eigenvalue weighted by atomic mass is 9.84. The molecule has 1 aliphatic rings. The summed E-state index contributed by atoms with van der Waals surface area (Å²) in [7, 11) is 0. The van der Waals surface area contributed by atoms with E-state index in [1.165, 1.54) is 6.42 Å². The van der Waals surface area contributed by atoms with Crippen LogP contribution in [0.2, 0.25) is 0 Å². The third-order valence-electron chi connectivity index (χ3n) is 3.01. The zero-order chi connectivity index (χ0) is 12.9. The van der Waals surface area contributed by atoms with Crippen molar-refractivity contribution in [1.82, 2.24) is 10.6 Å². The standard InChI is InChI=1S/C10H18N2O4S/c1-17-10(3-2-4-10)6-12-9(16)11-5-7(13)8(14)15/h7,13H,2-6H2,1H3,(H,14,15)(H2,11,12,16)/t7-/m0/s1. The first-order chi connectivity index (χ1) is 7.99. The Morgan fingerprint density at radius 3 is 2.47 bits per heavy atom. The van der Waals surface area contributed by atoms with Gasteiger partial charge in [-0.05, 0) is 19.1 Å². The van der Waals surface area contributed by atoms with E-state index >= 15 is 0 Å². The zero-order valence-corrected chi connectivity index (χ0v) is 10.5. The number of carboxylic acid groups (broad SMARTS) is 1. The number of nitrogens with one attached hydrogen (secondary N) is 2. The van der Waals surface area contributed by atoms with Crippen LogP contribution in [0, 0.1) is 0 Å². The molecule has 1 fully saturated rings. The average Bonchev–Trinajstić information content (AvgIpc) is 2.24. The minimum absolute atomic E-state index is 0.142. The van der Waals surface area contributed by atoms with Crippen LogP contribution in [0.15, 0.2) is 0 Å². The Morgan fingerprint density at radius 1 is 1.41 bits per heavy atom. The number of carbonyl (C=O) groups excluding carboxylic acids is 1. The fourth-order valence-electron chi connectivity index (χ4n) is 1.60. The molecule has 0 aliphatic heterocycles. The molecule has 0 radical (unpaired) electrons. The SMILES string of the molecule is CSC1(CNC(=O)NC[C@H](O)C(=O)O)CCC1. The van der Waals surface area contributed by atoms with Crippen LogP contribution in [0.25, 0.3) is 0 Å². The summed E-state index contributed by atoms with van der Waals surface area (Å²) in [6, 6.07) is -0.439. The Balaban J connectivity index is 2.19. The number of amides is 2. The Morgan fingerprint density at radius 2 is 2.06 bits per heavy atom. The smallest absolute Gasteiger partial charge is 0.334 e. The maximum atomic E-state index is 11.3. The first kappa shape index (κ1) is 14.1. The van der Waals surface area contributed by atoms with Gasteiger partial charge < -0.3 is 20.8 Å². The molecule has 1 aliphatic carbocycles. The monoisotopic (exact) mass is 262 g/mol. The van der Waals surface area contributed by atoms with Crippen LogP contribution in [0.4, 0.5) is 4.79 Å². The average molecular weight is 262 g/mol. The second-order valence-corrected chi connectivity index (χ2v) is 5.43. The van der Waals surface area contributed by atoms with Gasteiger partial charge in [-0.1, -0.05) is 6.42 Å². The van der Waals surface area contributed by atoms with Crippen molar-refractivity contribution in [2.45, 2.75) is 30.1 Å². The lowest BCUT2D eigenvalue weighted by Crippen LogP contribution is -2.49. The van der Waals surface area contributed by atoms with Crippen molar-refractivity contribution in [2.75, 3.05) is 19.3 Å². The highest BCUT2D eigenvalue weighted by Crippen LogP contribution is 2.42. The molecular formula is C10H18N2O4S. The van der Waals surface area contributed by atoms with Crippen molar-refractivity contribution in [3.63, 3.8) is 0 Å². The number of carbonyl (C=O) groups is 2. The molecule has 6 nitrogen and oxygen atoms in total. The molecule has 0 spiro atoms. The number of rotatable bonds is 6. The third kappa shape index (κ3) is 4.08. The van der Waals surface area contributed by atoms with Crippen LogP contribution in [-0.4, -0.2) is 52.4 Å². The summed E-state index contributed by atoms with van der Waals surface area (Å²) in [6.45, 7) is 0.288. The molecule has 1 saturated carbocycles. The van der Waals surface area contributed by atoms with Crippen LogP contribution >= 0.6 is 11.8 Å². The molecule has 0 bridgehead atoms. The van der Waals surface area contributed by atoms with Crippen molar-refractivity contribution in [1.29, 1.82) is 0 Å². The van der Waals surface area contributed by atoms with Gasteiger partial charge in [-0.15, -0.1) is 0 Å². The first-order valence-electron chi connectivity index (χ1n) is 5.47. The maximum Gasteiger partial charge on any atom is 0.334 e. The Labute approximate surface area is 104 Å². The molecule has 1 atom stereocenters. The molecule has 98 valence electrons. The highest BCUT2D eigenvalue weighted by atomic mass is 32.2. The van der Waals surface area contributed by atoms with Gasteiger partial charge in [0.15, 0.2) is 6.10 Å².